The molecule has 5 rings (SSSR count). The molecular weight excluding hydrogens is 376 g/mol. The van der Waals surface area contributed by atoms with Crippen molar-refractivity contribution in [3.63, 3.8) is 0 Å². The zero-order chi connectivity index (χ0) is 20.3. The summed E-state index contributed by atoms with van der Waals surface area (Å²) >= 11 is 0. The first-order valence-electron chi connectivity index (χ1n) is 11.0. The summed E-state index contributed by atoms with van der Waals surface area (Å²) in [6.45, 7) is 4.82. The predicted molar refractivity (Wildman–Crippen MR) is 115 cm³/mol. The molecule has 1 N–H and O–H groups in total. The van der Waals surface area contributed by atoms with Crippen LogP contribution in [0.4, 0.5) is 0 Å². The summed E-state index contributed by atoms with van der Waals surface area (Å²) in [7, 11) is 0. The summed E-state index contributed by atoms with van der Waals surface area (Å²) in [4.78, 5) is 26.3. The van der Waals surface area contributed by atoms with Crippen LogP contribution in [0, 0.1) is 0 Å². The molecule has 2 saturated heterocycles. The summed E-state index contributed by atoms with van der Waals surface area (Å²) in [5.41, 5.74) is 4.51. The Labute approximate surface area is 176 Å². The van der Waals surface area contributed by atoms with Gasteiger partial charge < -0.3 is 4.90 Å². The van der Waals surface area contributed by atoms with E-state index in [9.17, 15) is 4.79 Å². The number of aromatic amines is 1. The number of carbonyl (C=O) groups is 1. The summed E-state index contributed by atoms with van der Waals surface area (Å²) in [6.07, 6.45) is 9.28. The second-order valence-electron chi connectivity index (χ2n) is 8.49. The molecule has 7 heteroatoms. The van der Waals surface area contributed by atoms with Crippen LogP contribution in [0.1, 0.15) is 59.6 Å². The van der Waals surface area contributed by atoms with Gasteiger partial charge in [0, 0.05) is 43.5 Å². The maximum absolute atomic E-state index is 13.1. The van der Waals surface area contributed by atoms with Gasteiger partial charge in [0.2, 0.25) is 0 Å². The van der Waals surface area contributed by atoms with Crippen molar-refractivity contribution in [2.45, 2.75) is 44.6 Å². The number of fused-ring (bicyclic) bond motifs is 1. The van der Waals surface area contributed by atoms with Crippen molar-refractivity contribution in [1.82, 2.24) is 30.0 Å². The normalized spacial score (nSPS) is 20.5. The van der Waals surface area contributed by atoms with Gasteiger partial charge >= 0.3 is 0 Å². The van der Waals surface area contributed by atoms with E-state index in [2.05, 4.69) is 37.2 Å². The maximum atomic E-state index is 13.1. The highest BCUT2D eigenvalue weighted by atomic mass is 16.2. The number of carbonyl (C=O) groups excluding carboxylic acids is 1. The first-order chi connectivity index (χ1) is 14.8. The van der Waals surface area contributed by atoms with Crippen LogP contribution in [0.3, 0.4) is 0 Å². The van der Waals surface area contributed by atoms with E-state index in [1.807, 2.05) is 17.0 Å². The lowest BCUT2D eigenvalue weighted by Gasteiger charge is -2.32. The Morgan fingerprint density at radius 3 is 2.63 bits per heavy atom. The average molecular weight is 405 g/mol. The van der Waals surface area contributed by atoms with E-state index in [1.165, 1.54) is 37.9 Å². The third kappa shape index (κ3) is 3.94. The Bertz CT molecular complexity index is 1010. The number of nitrogens with one attached hydrogen (secondary N) is 1. The van der Waals surface area contributed by atoms with Gasteiger partial charge in [0.05, 0.1) is 5.69 Å². The van der Waals surface area contributed by atoms with Crippen LogP contribution in [0.2, 0.25) is 0 Å². The highest BCUT2D eigenvalue weighted by Gasteiger charge is 2.28. The standard InChI is InChI=1S/C23H28N6O/c30-23(18-8-6-17(7-9-18)15-28-12-2-1-3-13-28)29-14-4-5-19(16-29)20-21-22(27-26-20)25-11-10-24-21/h6-11,19H,1-5,12-16H2,(H,25,26,27)/t19-/m1/s1. The van der Waals surface area contributed by atoms with Gasteiger partial charge in [-0.15, -0.1) is 0 Å². The molecule has 2 aromatic heterocycles. The molecule has 0 spiro atoms. The van der Waals surface area contributed by atoms with Crippen LogP contribution in [-0.2, 0) is 6.54 Å². The first-order valence-corrected chi connectivity index (χ1v) is 11.0. The summed E-state index contributed by atoms with van der Waals surface area (Å²) in [5, 5.41) is 7.38. The second-order valence-corrected chi connectivity index (χ2v) is 8.49. The van der Waals surface area contributed by atoms with Gasteiger partial charge in [0.1, 0.15) is 5.52 Å². The number of amides is 1. The molecule has 2 fully saturated rings. The summed E-state index contributed by atoms with van der Waals surface area (Å²) in [5.74, 6) is 0.321. The van der Waals surface area contributed by atoms with E-state index in [1.54, 1.807) is 12.4 Å². The fourth-order valence-electron chi connectivity index (χ4n) is 4.76. The average Bonchev–Trinajstić information content (AvgIpc) is 3.24. The number of piperidine rings is 2. The second kappa shape index (κ2) is 8.52. The topological polar surface area (TPSA) is 78.0 Å². The summed E-state index contributed by atoms with van der Waals surface area (Å²) in [6, 6.07) is 8.20. The minimum absolute atomic E-state index is 0.110. The number of nitrogens with zero attached hydrogens (tertiary/aromatic N) is 5. The number of benzene rings is 1. The van der Waals surface area contributed by atoms with Gasteiger partial charge in [-0.3, -0.25) is 14.8 Å². The molecule has 1 aromatic carbocycles. The Morgan fingerprint density at radius 2 is 1.80 bits per heavy atom. The monoisotopic (exact) mass is 404 g/mol. The zero-order valence-electron chi connectivity index (χ0n) is 17.3. The summed E-state index contributed by atoms with van der Waals surface area (Å²) < 4.78 is 0. The molecule has 3 aromatic rings. The SMILES string of the molecule is O=C(c1ccc(CN2CCCCC2)cc1)N1CCC[C@@H](c2[nH]nc3nccnc23)C1. The molecule has 0 radical (unpaired) electrons. The van der Waals surface area contributed by atoms with E-state index in [-0.39, 0.29) is 11.8 Å². The Morgan fingerprint density at radius 1 is 1.00 bits per heavy atom. The quantitative estimate of drug-likeness (QED) is 0.721. The van der Waals surface area contributed by atoms with E-state index >= 15 is 0 Å². The van der Waals surface area contributed by atoms with E-state index in [0.29, 0.717) is 12.2 Å². The molecule has 2 aliphatic heterocycles. The van der Waals surface area contributed by atoms with Gasteiger partial charge in [0.15, 0.2) is 5.65 Å². The van der Waals surface area contributed by atoms with E-state index in [4.69, 9.17) is 0 Å². The lowest BCUT2D eigenvalue weighted by molar-refractivity contribution is 0.0706. The predicted octanol–water partition coefficient (Wildman–Crippen LogP) is 3.36. The van der Waals surface area contributed by atoms with Gasteiger partial charge in [0.25, 0.3) is 5.91 Å². The van der Waals surface area contributed by atoms with Crippen molar-refractivity contribution in [2.75, 3.05) is 26.2 Å². The third-order valence-electron chi connectivity index (χ3n) is 6.39. The Hall–Kier alpha value is -2.80. The Balaban J connectivity index is 1.26. The van der Waals surface area contributed by atoms with Gasteiger partial charge in [-0.1, -0.05) is 18.6 Å². The maximum Gasteiger partial charge on any atom is 0.253 e. The molecule has 1 amide bonds. The van der Waals surface area contributed by atoms with E-state index in [0.717, 1.165) is 42.7 Å². The molecule has 1 atom stereocenters. The number of hydrogen-bond donors (Lipinski definition) is 1. The van der Waals surface area contributed by atoms with Gasteiger partial charge in [-0.05, 0) is 56.5 Å². The first kappa shape index (κ1) is 19.2. The van der Waals surface area contributed by atoms with Crippen LogP contribution in [0.25, 0.3) is 11.2 Å². The molecule has 156 valence electrons. The van der Waals surface area contributed by atoms with Crippen LogP contribution < -0.4 is 0 Å². The van der Waals surface area contributed by atoms with Crippen molar-refractivity contribution in [2.24, 2.45) is 0 Å². The van der Waals surface area contributed by atoms with E-state index < -0.39 is 0 Å². The van der Waals surface area contributed by atoms with Crippen molar-refractivity contribution in [1.29, 1.82) is 0 Å². The fourth-order valence-corrected chi connectivity index (χ4v) is 4.76. The lowest BCUT2D eigenvalue weighted by Crippen LogP contribution is -2.39. The number of hydrogen-bond acceptors (Lipinski definition) is 5. The van der Waals surface area contributed by atoms with Crippen LogP contribution in [0.5, 0.6) is 0 Å². The van der Waals surface area contributed by atoms with Crippen molar-refractivity contribution >= 4 is 17.1 Å². The number of likely N-dealkylation sites (tertiary alicyclic amines) is 2. The van der Waals surface area contributed by atoms with Crippen LogP contribution in [-0.4, -0.2) is 62.1 Å². The fraction of sp³-hybridized carbons (Fsp3) is 0.478. The molecule has 0 unspecified atom stereocenters. The smallest absolute Gasteiger partial charge is 0.253 e. The lowest BCUT2D eigenvalue weighted by atomic mass is 9.93. The Kier molecular flexibility index (Phi) is 5.45. The van der Waals surface area contributed by atoms with Gasteiger partial charge in [-0.25, -0.2) is 9.97 Å². The molecule has 0 aliphatic carbocycles. The molecule has 0 saturated carbocycles. The molecule has 0 bridgehead atoms. The number of aromatic nitrogens is 4. The van der Waals surface area contributed by atoms with Crippen LogP contribution >= 0.6 is 0 Å². The molecular formula is C23H28N6O. The number of H-pyrrole nitrogens is 1. The zero-order valence-corrected chi connectivity index (χ0v) is 17.3. The molecule has 30 heavy (non-hydrogen) atoms. The highest BCUT2D eigenvalue weighted by Crippen LogP contribution is 2.29. The van der Waals surface area contributed by atoms with Crippen molar-refractivity contribution in [3.8, 4) is 0 Å². The van der Waals surface area contributed by atoms with Crippen LogP contribution in [0.15, 0.2) is 36.7 Å². The largest absolute Gasteiger partial charge is 0.338 e. The molecule has 7 nitrogen and oxygen atoms in total. The third-order valence-corrected chi connectivity index (χ3v) is 6.39. The minimum Gasteiger partial charge on any atom is -0.338 e. The van der Waals surface area contributed by atoms with Crippen molar-refractivity contribution < 1.29 is 4.79 Å². The minimum atomic E-state index is 0.110. The molecule has 2 aliphatic rings. The molecule has 4 heterocycles. The van der Waals surface area contributed by atoms with Gasteiger partial charge in [-0.2, -0.15) is 5.10 Å². The highest BCUT2D eigenvalue weighted by molar-refractivity contribution is 5.94. The number of rotatable bonds is 4. The van der Waals surface area contributed by atoms with Crippen molar-refractivity contribution in [3.05, 3.63) is 53.5 Å².